The first-order chi connectivity index (χ1) is 9.76. The molecule has 0 spiro atoms. The molecule has 2 heterocycles. The Hall–Kier alpha value is -1.81. The molecule has 1 unspecified atom stereocenters. The molecule has 0 aliphatic carbocycles. The normalized spacial score (nSPS) is 19.4. The Balaban J connectivity index is 1.79. The maximum Gasteiger partial charge on any atom is 0.133 e. The molecular weight excluding hydrogens is 250 g/mol. The minimum atomic E-state index is 0.711. The predicted octanol–water partition coefficient (Wildman–Crippen LogP) is 2.61. The van der Waals surface area contributed by atoms with Crippen LogP contribution in [0, 0.1) is 5.92 Å². The SMILES string of the molecule is COc1ccc2ccnc(NCC3CCN(C)C3)c2c1. The van der Waals surface area contributed by atoms with Crippen LogP contribution in [-0.4, -0.2) is 43.7 Å². The molecule has 0 bridgehead atoms. The van der Waals surface area contributed by atoms with Crippen molar-refractivity contribution >= 4 is 16.6 Å². The van der Waals surface area contributed by atoms with Gasteiger partial charge in [-0.2, -0.15) is 0 Å². The number of benzene rings is 1. The van der Waals surface area contributed by atoms with Gasteiger partial charge in [0, 0.05) is 24.7 Å². The van der Waals surface area contributed by atoms with Crippen molar-refractivity contribution in [1.82, 2.24) is 9.88 Å². The van der Waals surface area contributed by atoms with E-state index in [9.17, 15) is 0 Å². The minimum Gasteiger partial charge on any atom is -0.497 e. The van der Waals surface area contributed by atoms with Gasteiger partial charge < -0.3 is 15.0 Å². The number of rotatable bonds is 4. The first-order valence-corrected chi connectivity index (χ1v) is 7.11. The number of fused-ring (bicyclic) bond motifs is 1. The number of hydrogen-bond donors (Lipinski definition) is 1. The zero-order chi connectivity index (χ0) is 13.9. The van der Waals surface area contributed by atoms with Gasteiger partial charge in [-0.05, 0) is 49.5 Å². The zero-order valence-electron chi connectivity index (χ0n) is 12.1. The smallest absolute Gasteiger partial charge is 0.133 e. The van der Waals surface area contributed by atoms with Gasteiger partial charge >= 0.3 is 0 Å². The molecule has 4 heteroatoms. The third kappa shape index (κ3) is 2.70. The second kappa shape index (κ2) is 5.67. The van der Waals surface area contributed by atoms with Crippen molar-refractivity contribution in [3.63, 3.8) is 0 Å². The van der Waals surface area contributed by atoms with Gasteiger partial charge in [-0.1, -0.05) is 6.07 Å². The molecule has 1 atom stereocenters. The molecular formula is C16H21N3O. The molecule has 1 aromatic heterocycles. The van der Waals surface area contributed by atoms with Crippen LogP contribution in [0.25, 0.3) is 10.8 Å². The van der Waals surface area contributed by atoms with Crippen LogP contribution >= 0.6 is 0 Å². The summed E-state index contributed by atoms with van der Waals surface area (Å²) in [5, 5.41) is 5.82. The van der Waals surface area contributed by atoms with Gasteiger partial charge in [0.15, 0.2) is 0 Å². The minimum absolute atomic E-state index is 0.711. The molecule has 4 nitrogen and oxygen atoms in total. The predicted molar refractivity (Wildman–Crippen MR) is 82.4 cm³/mol. The van der Waals surface area contributed by atoms with Crippen molar-refractivity contribution in [2.45, 2.75) is 6.42 Å². The summed E-state index contributed by atoms with van der Waals surface area (Å²) in [6, 6.07) is 8.14. The Kier molecular flexibility index (Phi) is 3.74. The van der Waals surface area contributed by atoms with Gasteiger partial charge in [0.05, 0.1) is 7.11 Å². The number of nitrogens with zero attached hydrogens (tertiary/aromatic N) is 2. The van der Waals surface area contributed by atoms with Crippen molar-refractivity contribution in [3.05, 3.63) is 30.5 Å². The van der Waals surface area contributed by atoms with Crippen molar-refractivity contribution < 1.29 is 4.74 Å². The van der Waals surface area contributed by atoms with Gasteiger partial charge in [0.1, 0.15) is 11.6 Å². The van der Waals surface area contributed by atoms with Crippen LogP contribution in [0.4, 0.5) is 5.82 Å². The fourth-order valence-electron chi connectivity index (χ4n) is 2.85. The average Bonchev–Trinajstić information content (AvgIpc) is 2.90. The maximum absolute atomic E-state index is 5.31. The van der Waals surface area contributed by atoms with Crippen LogP contribution < -0.4 is 10.1 Å². The van der Waals surface area contributed by atoms with E-state index in [1.165, 1.54) is 24.9 Å². The lowest BCUT2D eigenvalue weighted by atomic mass is 10.1. The molecule has 2 aromatic rings. The standard InChI is InChI=1S/C16H21N3O/c1-19-8-6-12(11-19)10-18-16-15-9-14(20-2)4-3-13(15)5-7-17-16/h3-5,7,9,12H,6,8,10-11H2,1-2H3,(H,17,18). The largest absolute Gasteiger partial charge is 0.497 e. The molecule has 20 heavy (non-hydrogen) atoms. The fraction of sp³-hybridized carbons (Fsp3) is 0.438. The number of aromatic nitrogens is 1. The highest BCUT2D eigenvalue weighted by atomic mass is 16.5. The molecule has 1 aromatic carbocycles. The van der Waals surface area contributed by atoms with E-state index < -0.39 is 0 Å². The second-order valence-corrected chi connectivity index (χ2v) is 5.54. The van der Waals surface area contributed by atoms with Crippen molar-refractivity contribution in [3.8, 4) is 5.75 Å². The lowest BCUT2D eigenvalue weighted by Gasteiger charge is -2.14. The number of pyridine rings is 1. The Morgan fingerprint density at radius 1 is 1.40 bits per heavy atom. The van der Waals surface area contributed by atoms with Gasteiger partial charge in [0.2, 0.25) is 0 Å². The van der Waals surface area contributed by atoms with Crippen LogP contribution in [0.2, 0.25) is 0 Å². The van der Waals surface area contributed by atoms with Crippen molar-refractivity contribution in [1.29, 1.82) is 0 Å². The third-order valence-corrected chi connectivity index (χ3v) is 4.02. The molecule has 3 rings (SSSR count). The molecule has 0 amide bonds. The highest BCUT2D eigenvalue weighted by molar-refractivity contribution is 5.92. The van der Waals surface area contributed by atoms with Gasteiger partial charge in [-0.15, -0.1) is 0 Å². The molecule has 1 aliphatic heterocycles. The van der Waals surface area contributed by atoms with E-state index >= 15 is 0 Å². The first-order valence-electron chi connectivity index (χ1n) is 7.11. The van der Waals surface area contributed by atoms with Crippen LogP contribution in [0.15, 0.2) is 30.5 Å². The van der Waals surface area contributed by atoms with E-state index in [4.69, 9.17) is 4.74 Å². The van der Waals surface area contributed by atoms with E-state index in [-0.39, 0.29) is 0 Å². The first kappa shape index (κ1) is 13.2. The van der Waals surface area contributed by atoms with E-state index in [0.29, 0.717) is 5.92 Å². The lowest BCUT2D eigenvalue weighted by Crippen LogP contribution is -2.19. The van der Waals surface area contributed by atoms with Crippen LogP contribution in [0.5, 0.6) is 5.75 Å². The average molecular weight is 271 g/mol. The number of nitrogens with one attached hydrogen (secondary N) is 1. The van der Waals surface area contributed by atoms with Gasteiger partial charge in [0.25, 0.3) is 0 Å². The maximum atomic E-state index is 5.31. The number of ether oxygens (including phenoxy) is 1. The molecule has 1 aliphatic rings. The Morgan fingerprint density at radius 3 is 3.05 bits per heavy atom. The summed E-state index contributed by atoms with van der Waals surface area (Å²) in [5.74, 6) is 2.53. The number of hydrogen-bond acceptors (Lipinski definition) is 4. The van der Waals surface area contributed by atoms with Crippen molar-refractivity contribution in [2.75, 3.05) is 39.1 Å². The summed E-state index contributed by atoms with van der Waals surface area (Å²) in [5.41, 5.74) is 0. The molecule has 1 fully saturated rings. The Morgan fingerprint density at radius 2 is 2.30 bits per heavy atom. The summed E-state index contributed by atoms with van der Waals surface area (Å²) in [6.45, 7) is 3.35. The molecule has 0 saturated carbocycles. The molecule has 1 N–H and O–H groups in total. The topological polar surface area (TPSA) is 37.4 Å². The molecule has 1 saturated heterocycles. The number of likely N-dealkylation sites (tertiary alicyclic amines) is 1. The molecule has 106 valence electrons. The van der Waals surface area contributed by atoms with E-state index in [1.807, 2.05) is 24.4 Å². The summed E-state index contributed by atoms with van der Waals surface area (Å²) in [6.07, 6.45) is 3.12. The number of methoxy groups -OCH3 is 1. The van der Waals surface area contributed by atoms with Gasteiger partial charge in [-0.25, -0.2) is 4.98 Å². The van der Waals surface area contributed by atoms with E-state index in [2.05, 4.69) is 28.3 Å². The zero-order valence-corrected chi connectivity index (χ0v) is 12.1. The highest BCUT2D eigenvalue weighted by Crippen LogP contribution is 2.26. The second-order valence-electron chi connectivity index (χ2n) is 5.54. The van der Waals surface area contributed by atoms with Crippen LogP contribution in [-0.2, 0) is 0 Å². The summed E-state index contributed by atoms with van der Waals surface area (Å²) in [7, 11) is 3.88. The van der Waals surface area contributed by atoms with Gasteiger partial charge in [-0.3, -0.25) is 0 Å². The fourth-order valence-corrected chi connectivity index (χ4v) is 2.85. The van der Waals surface area contributed by atoms with Crippen LogP contribution in [0.1, 0.15) is 6.42 Å². The third-order valence-electron chi connectivity index (χ3n) is 4.02. The summed E-state index contributed by atoms with van der Waals surface area (Å²) in [4.78, 5) is 6.86. The monoisotopic (exact) mass is 271 g/mol. The quantitative estimate of drug-likeness (QED) is 0.927. The lowest BCUT2D eigenvalue weighted by molar-refractivity contribution is 0.399. The summed E-state index contributed by atoms with van der Waals surface area (Å²) >= 11 is 0. The van der Waals surface area contributed by atoms with Crippen LogP contribution in [0.3, 0.4) is 0 Å². The van der Waals surface area contributed by atoms with Crippen molar-refractivity contribution in [2.24, 2.45) is 5.92 Å². The Bertz CT molecular complexity index is 599. The Labute approximate surface area is 119 Å². The van der Waals surface area contributed by atoms with E-state index in [0.717, 1.165) is 23.5 Å². The number of anilines is 1. The highest BCUT2D eigenvalue weighted by Gasteiger charge is 2.19. The van der Waals surface area contributed by atoms with E-state index in [1.54, 1.807) is 7.11 Å². The molecule has 0 radical (unpaired) electrons. The summed E-state index contributed by atoms with van der Waals surface area (Å²) < 4.78 is 5.31.